The maximum absolute atomic E-state index is 5.88. The summed E-state index contributed by atoms with van der Waals surface area (Å²) < 4.78 is 3.86. The highest BCUT2D eigenvalue weighted by Crippen LogP contribution is 2.20. The highest BCUT2D eigenvalue weighted by atomic mass is 32.1. The van der Waals surface area contributed by atoms with Crippen LogP contribution in [-0.4, -0.2) is 33.6 Å². The fraction of sp³-hybridized carbons (Fsp3) is 0.778. The lowest BCUT2D eigenvalue weighted by Crippen LogP contribution is -2.29. The van der Waals surface area contributed by atoms with E-state index in [9.17, 15) is 0 Å². The number of aromatic nitrogens is 2. The van der Waals surface area contributed by atoms with Gasteiger partial charge in [-0.25, -0.2) is 0 Å². The molecule has 0 bridgehead atoms. The summed E-state index contributed by atoms with van der Waals surface area (Å²) in [5.74, 6) is 0.663. The molecule has 0 radical (unpaired) electrons. The molecule has 14 heavy (non-hydrogen) atoms. The summed E-state index contributed by atoms with van der Waals surface area (Å²) in [5, 5.41) is 3.84. The first-order valence-corrected chi connectivity index (χ1v) is 5.77. The second kappa shape index (κ2) is 4.33. The van der Waals surface area contributed by atoms with Crippen molar-refractivity contribution in [3.8, 4) is 0 Å². The van der Waals surface area contributed by atoms with Gasteiger partial charge in [-0.2, -0.15) is 0 Å². The van der Waals surface area contributed by atoms with E-state index in [1.54, 1.807) is 0 Å². The van der Waals surface area contributed by atoms with Gasteiger partial charge in [0.2, 0.25) is 0 Å². The number of rotatable bonds is 3. The van der Waals surface area contributed by atoms with Crippen molar-refractivity contribution in [1.29, 1.82) is 0 Å². The zero-order chi connectivity index (χ0) is 9.97. The van der Waals surface area contributed by atoms with E-state index in [2.05, 4.69) is 21.4 Å². The zero-order valence-electron chi connectivity index (χ0n) is 8.39. The normalized spacial score (nSPS) is 25.4. The lowest BCUT2D eigenvalue weighted by atomic mass is 10.0. The molecule has 0 aliphatic carbocycles. The van der Waals surface area contributed by atoms with E-state index >= 15 is 0 Å². The van der Waals surface area contributed by atoms with Crippen LogP contribution in [0.5, 0.6) is 0 Å². The molecule has 0 saturated carbocycles. The van der Waals surface area contributed by atoms with Gasteiger partial charge in [0.05, 0.1) is 11.1 Å². The van der Waals surface area contributed by atoms with E-state index in [4.69, 9.17) is 5.73 Å². The molecule has 2 N–H and O–H groups in total. The summed E-state index contributed by atoms with van der Waals surface area (Å²) in [6.07, 6.45) is 3.08. The fourth-order valence-corrected chi connectivity index (χ4v) is 2.45. The maximum atomic E-state index is 5.88. The van der Waals surface area contributed by atoms with Crippen LogP contribution in [0.15, 0.2) is 6.20 Å². The Balaban J connectivity index is 1.84. The van der Waals surface area contributed by atoms with E-state index in [-0.39, 0.29) is 0 Å². The smallest absolute Gasteiger partial charge is 0.0666 e. The van der Waals surface area contributed by atoms with Crippen LogP contribution in [0.2, 0.25) is 0 Å². The summed E-state index contributed by atoms with van der Waals surface area (Å²) in [4.78, 5) is 3.68. The third kappa shape index (κ3) is 2.29. The van der Waals surface area contributed by atoms with Gasteiger partial charge in [0, 0.05) is 19.1 Å². The second-order valence-electron chi connectivity index (χ2n) is 4.03. The molecular formula is C9H16N4S. The molecule has 4 nitrogen and oxygen atoms in total. The molecule has 2 heterocycles. The van der Waals surface area contributed by atoms with Crippen molar-refractivity contribution in [1.82, 2.24) is 14.5 Å². The van der Waals surface area contributed by atoms with Crippen molar-refractivity contribution < 1.29 is 0 Å². The van der Waals surface area contributed by atoms with Gasteiger partial charge in [-0.3, -0.25) is 4.90 Å². The van der Waals surface area contributed by atoms with Crippen molar-refractivity contribution in [2.24, 2.45) is 11.7 Å². The van der Waals surface area contributed by atoms with Gasteiger partial charge in [-0.05, 0) is 37.3 Å². The van der Waals surface area contributed by atoms with E-state index in [1.807, 2.05) is 6.20 Å². The van der Waals surface area contributed by atoms with Crippen LogP contribution in [-0.2, 0) is 6.54 Å². The summed E-state index contributed by atoms with van der Waals surface area (Å²) >= 11 is 1.49. The van der Waals surface area contributed by atoms with Gasteiger partial charge < -0.3 is 5.73 Å². The topological polar surface area (TPSA) is 55.0 Å². The molecule has 1 fully saturated rings. The van der Waals surface area contributed by atoms with Crippen molar-refractivity contribution in [2.75, 3.05) is 13.1 Å². The Morgan fingerprint density at radius 1 is 1.79 bits per heavy atom. The van der Waals surface area contributed by atoms with E-state index in [0.29, 0.717) is 12.0 Å². The molecule has 2 rings (SSSR count). The van der Waals surface area contributed by atoms with E-state index in [1.165, 1.54) is 22.8 Å². The van der Waals surface area contributed by atoms with Crippen LogP contribution >= 0.6 is 11.5 Å². The molecule has 1 aromatic rings. The fourth-order valence-electron chi connectivity index (χ4n) is 1.91. The molecule has 78 valence electrons. The first kappa shape index (κ1) is 10.0. The average molecular weight is 212 g/mol. The van der Waals surface area contributed by atoms with Gasteiger partial charge in [-0.15, -0.1) is 5.10 Å². The summed E-state index contributed by atoms with van der Waals surface area (Å²) in [5.41, 5.74) is 5.88. The average Bonchev–Trinajstić information content (AvgIpc) is 2.75. The third-order valence-electron chi connectivity index (χ3n) is 2.84. The highest BCUT2D eigenvalue weighted by Gasteiger charge is 2.25. The SMILES string of the molecule is CC(N)C1CCN(Cc2cnns2)C1. The van der Waals surface area contributed by atoms with Crippen LogP contribution in [0, 0.1) is 5.92 Å². The van der Waals surface area contributed by atoms with E-state index in [0.717, 1.165) is 19.6 Å². The molecule has 1 aliphatic rings. The number of likely N-dealkylation sites (tertiary alicyclic amines) is 1. The van der Waals surface area contributed by atoms with Crippen molar-refractivity contribution in [3.05, 3.63) is 11.1 Å². The largest absolute Gasteiger partial charge is 0.328 e. The minimum absolute atomic E-state index is 0.319. The van der Waals surface area contributed by atoms with Gasteiger partial charge in [0.25, 0.3) is 0 Å². The first-order valence-electron chi connectivity index (χ1n) is 5.00. The molecule has 2 unspecified atom stereocenters. The minimum Gasteiger partial charge on any atom is -0.328 e. The Bertz CT molecular complexity index is 272. The zero-order valence-corrected chi connectivity index (χ0v) is 9.20. The quantitative estimate of drug-likeness (QED) is 0.801. The Hall–Kier alpha value is -0.520. The lowest BCUT2D eigenvalue weighted by Gasteiger charge is -2.16. The summed E-state index contributed by atoms with van der Waals surface area (Å²) in [7, 11) is 0. The predicted molar refractivity (Wildman–Crippen MR) is 56.9 cm³/mol. The Morgan fingerprint density at radius 2 is 2.64 bits per heavy atom. The number of hydrogen-bond acceptors (Lipinski definition) is 5. The third-order valence-corrected chi connectivity index (χ3v) is 3.48. The number of nitrogens with two attached hydrogens (primary N) is 1. The predicted octanol–water partition coefficient (Wildman–Crippen LogP) is 0.707. The van der Waals surface area contributed by atoms with Crippen LogP contribution in [0.3, 0.4) is 0 Å². The molecule has 0 spiro atoms. The molecule has 1 saturated heterocycles. The maximum Gasteiger partial charge on any atom is 0.0666 e. The van der Waals surface area contributed by atoms with Crippen LogP contribution in [0.1, 0.15) is 18.2 Å². The second-order valence-corrected chi connectivity index (χ2v) is 4.90. The molecule has 1 aliphatic heterocycles. The van der Waals surface area contributed by atoms with Crippen LogP contribution in [0.4, 0.5) is 0 Å². The molecule has 5 heteroatoms. The van der Waals surface area contributed by atoms with Crippen LogP contribution in [0.25, 0.3) is 0 Å². The standard InChI is InChI=1S/C9H16N4S/c1-7(10)8-2-3-13(5-8)6-9-4-11-12-14-9/h4,7-8H,2-3,5-6,10H2,1H3. The highest BCUT2D eigenvalue weighted by molar-refractivity contribution is 7.05. The molecule has 0 aromatic carbocycles. The van der Waals surface area contributed by atoms with Gasteiger partial charge in [0.15, 0.2) is 0 Å². The summed E-state index contributed by atoms with van der Waals surface area (Å²) in [6, 6.07) is 0.319. The van der Waals surface area contributed by atoms with Crippen molar-refractivity contribution in [2.45, 2.75) is 25.9 Å². The molecule has 2 atom stereocenters. The van der Waals surface area contributed by atoms with Gasteiger partial charge >= 0.3 is 0 Å². The molecule has 1 aromatic heterocycles. The Labute approximate surface area is 88.3 Å². The summed E-state index contributed by atoms with van der Waals surface area (Å²) in [6.45, 7) is 5.36. The first-order chi connectivity index (χ1) is 6.75. The monoisotopic (exact) mass is 212 g/mol. The molecule has 0 amide bonds. The Kier molecular flexibility index (Phi) is 3.10. The van der Waals surface area contributed by atoms with Crippen LogP contribution < -0.4 is 5.73 Å². The number of nitrogens with zero attached hydrogens (tertiary/aromatic N) is 3. The molecular weight excluding hydrogens is 196 g/mol. The minimum atomic E-state index is 0.319. The van der Waals surface area contributed by atoms with Crippen molar-refractivity contribution in [3.63, 3.8) is 0 Å². The van der Waals surface area contributed by atoms with Gasteiger partial charge in [-0.1, -0.05) is 4.49 Å². The van der Waals surface area contributed by atoms with Gasteiger partial charge in [0.1, 0.15) is 0 Å². The Morgan fingerprint density at radius 3 is 3.21 bits per heavy atom. The van der Waals surface area contributed by atoms with Crippen molar-refractivity contribution >= 4 is 11.5 Å². The van der Waals surface area contributed by atoms with E-state index < -0.39 is 0 Å². The lowest BCUT2D eigenvalue weighted by molar-refractivity contribution is 0.311. The number of hydrogen-bond donors (Lipinski definition) is 1.